The molecule has 4 bridgehead atoms. The van der Waals surface area contributed by atoms with Crippen LogP contribution < -0.4 is 15.4 Å². The van der Waals surface area contributed by atoms with Gasteiger partial charge in [-0.15, -0.1) is 0 Å². The molecule has 0 aliphatic heterocycles. The van der Waals surface area contributed by atoms with Crippen molar-refractivity contribution in [1.29, 1.82) is 0 Å². The van der Waals surface area contributed by atoms with Gasteiger partial charge in [0.2, 0.25) is 11.8 Å². The van der Waals surface area contributed by atoms with Crippen molar-refractivity contribution in [1.82, 2.24) is 20.4 Å². The average molecular weight is 473 g/mol. The summed E-state index contributed by atoms with van der Waals surface area (Å²) in [6, 6.07) is 0.0860. The molecule has 188 valence electrons. The number of carbonyl (C=O) groups excluding carboxylic acids is 2. The van der Waals surface area contributed by atoms with Crippen molar-refractivity contribution >= 4 is 18.0 Å². The third-order valence-electron chi connectivity index (χ3n) is 7.45. The lowest BCUT2D eigenvalue weighted by Gasteiger charge is -2.58. The van der Waals surface area contributed by atoms with Crippen LogP contribution in [0.25, 0.3) is 6.20 Å². The molecule has 2 unspecified atom stereocenters. The Kier molecular flexibility index (Phi) is 6.82. The van der Waals surface area contributed by atoms with E-state index in [0.29, 0.717) is 35.6 Å². The number of hydrogen-bond acceptors (Lipinski definition) is 5. The number of nitrogens with one attached hydrogen (secondary N) is 2. The van der Waals surface area contributed by atoms with Crippen LogP contribution in [0.4, 0.5) is 0 Å². The first-order valence-corrected chi connectivity index (χ1v) is 12.8. The molecule has 34 heavy (non-hydrogen) atoms. The van der Waals surface area contributed by atoms with E-state index in [1.54, 1.807) is 17.1 Å². The fourth-order valence-corrected chi connectivity index (χ4v) is 6.35. The Morgan fingerprint density at radius 3 is 2.56 bits per heavy atom. The van der Waals surface area contributed by atoms with Gasteiger partial charge in [0.1, 0.15) is 5.56 Å². The standard InChI is InChI=1S/C26H40N4O4/c1-6-7-21(31)29-25(4,5)8-9-30-24(34-16(2)3)20(15-27-30)23(32)28-22-18-10-17-11-19(22)14-26(33,12-17)13-18/h8-9,15-19,22,33H,6-7,10-14H2,1-5H3,(H,28,32)(H,29,31)/b9-8+. The van der Waals surface area contributed by atoms with Gasteiger partial charge in [0.05, 0.1) is 23.4 Å². The van der Waals surface area contributed by atoms with Gasteiger partial charge in [0.15, 0.2) is 0 Å². The monoisotopic (exact) mass is 472 g/mol. The van der Waals surface area contributed by atoms with Crippen LogP contribution in [0.3, 0.4) is 0 Å². The number of ether oxygens (including phenoxy) is 1. The fraction of sp³-hybridized carbons (Fsp3) is 0.731. The Labute approximate surface area is 202 Å². The molecule has 2 atom stereocenters. The number of hydrogen-bond donors (Lipinski definition) is 3. The normalized spacial score (nSPS) is 30.2. The lowest BCUT2D eigenvalue weighted by molar-refractivity contribution is -0.137. The van der Waals surface area contributed by atoms with Crippen LogP contribution in [0.5, 0.6) is 5.88 Å². The maximum absolute atomic E-state index is 13.4. The van der Waals surface area contributed by atoms with E-state index >= 15 is 0 Å². The van der Waals surface area contributed by atoms with Gasteiger partial charge in [-0.1, -0.05) is 6.92 Å². The Balaban J connectivity index is 1.50. The Morgan fingerprint density at radius 2 is 1.97 bits per heavy atom. The predicted molar refractivity (Wildman–Crippen MR) is 130 cm³/mol. The second-order valence-corrected chi connectivity index (χ2v) is 11.5. The maximum atomic E-state index is 13.4. The number of aliphatic hydroxyl groups is 1. The van der Waals surface area contributed by atoms with E-state index in [2.05, 4.69) is 15.7 Å². The fourth-order valence-electron chi connectivity index (χ4n) is 6.35. The molecule has 1 aromatic heterocycles. The zero-order valence-corrected chi connectivity index (χ0v) is 21.1. The van der Waals surface area contributed by atoms with E-state index in [1.165, 1.54) is 0 Å². The molecule has 4 fully saturated rings. The number of carbonyl (C=O) groups is 2. The molecule has 1 heterocycles. The van der Waals surface area contributed by atoms with Gasteiger partial charge in [-0.2, -0.15) is 5.10 Å². The van der Waals surface area contributed by atoms with Gasteiger partial charge in [-0.25, -0.2) is 4.68 Å². The Morgan fingerprint density at radius 1 is 1.29 bits per heavy atom. The van der Waals surface area contributed by atoms with Crippen molar-refractivity contribution in [3.63, 3.8) is 0 Å². The van der Waals surface area contributed by atoms with Crippen LogP contribution in [0.2, 0.25) is 0 Å². The van der Waals surface area contributed by atoms with Gasteiger partial charge >= 0.3 is 0 Å². The summed E-state index contributed by atoms with van der Waals surface area (Å²) in [7, 11) is 0. The van der Waals surface area contributed by atoms with Crippen LogP contribution in [0, 0.1) is 17.8 Å². The van der Waals surface area contributed by atoms with Crippen LogP contribution in [-0.2, 0) is 4.79 Å². The summed E-state index contributed by atoms with van der Waals surface area (Å²) >= 11 is 0. The predicted octanol–water partition coefficient (Wildman–Crippen LogP) is 3.51. The second kappa shape index (κ2) is 9.36. The maximum Gasteiger partial charge on any atom is 0.258 e. The summed E-state index contributed by atoms with van der Waals surface area (Å²) < 4.78 is 7.56. The lowest BCUT2D eigenvalue weighted by Crippen LogP contribution is -2.61. The number of rotatable bonds is 9. The minimum atomic E-state index is -0.573. The highest BCUT2D eigenvalue weighted by atomic mass is 16.5. The third-order valence-corrected chi connectivity index (χ3v) is 7.45. The Hall–Kier alpha value is -2.35. The first kappa shape index (κ1) is 24.8. The summed E-state index contributed by atoms with van der Waals surface area (Å²) in [6.45, 7) is 9.63. The minimum Gasteiger partial charge on any atom is -0.474 e. The van der Waals surface area contributed by atoms with Gasteiger partial charge in [-0.3, -0.25) is 9.59 Å². The number of aromatic nitrogens is 2. The molecular weight excluding hydrogens is 432 g/mol. The molecule has 1 aromatic rings. The lowest BCUT2D eigenvalue weighted by atomic mass is 9.52. The van der Waals surface area contributed by atoms with Crippen molar-refractivity contribution in [3.05, 3.63) is 17.8 Å². The summed E-state index contributed by atoms with van der Waals surface area (Å²) in [6.07, 6.45) is 10.9. The molecular formula is C26H40N4O4. The number of nitrogens with zero attached hydrogens (tertiary/aromatic N) is 2. The summed E-state index contributed by atoms with van der Waals surface area (Å²) in [5, 5.41) is 21.5. The van der Waals surface area contributed by atoms with Crippen molar-refractivity contribution < 1.29 is 19.4 Å². The quantitative estimate of drug-likeness (QED) is 0.510. The van der Waals surface area contributed by atoms with Crippen molar-refractivity contribution in [2.45, 2.75) is 103 Å². The van der Waals surface area contributed by atoms with Crippen LogP contribution in [-0.4, -0.2) is 50.0 Å². The van der Waals surface area contributed by atoms with Gasteiger partial charge in [0.25, 0.3) is 5.91 Å². The highest BCUT2D eigenvalue weighted by Crippen LogP contribution is 2.55. The molecule has 4 saturated carbocycles. The highest BCUT2D eigenvalue weighted by molar-refractivity contribution is 5.96. The molecule has 5 rings (SSSR count). The van der Waals surface area contributed by atoms with Crippen molar-refractivity contribution in [2.75, 3.05) is 0 Å². The van der Waals surface area contributed by atoms with E-state index in [0.717, 1.165) is 38.5 Å². The SMILES string of the molecule is CCCC(=O)NC(C)(C)/C=C/n1ncc(C(=O)NC2C3CC4CC2CC(O)(C4)C3)c1OC(C)C. The molecule has 0 spiro atoms. The van der Waals surface area contributed by atoms with Gasteiger partial charge in [0, 0.05) is 18.7 Å². The molecule has 4 aliphatic carbocycles. The summed E-state index contributed by atoms with van der Waals surface area (Å²) in [5.74, 6) is 1.45. The van der Waals surface area contributed by atoms with Crippen LogP contribution >= 0.6 is 0 Å². The van der Waals surface area contributed by atoms with Crippen LogP contribution in [0.15, 0.2) is 12.3 Å². The smallest absolute Gasteiger partial charge is 0.258 e. The molecule has 0 aromatic carbocycles. The topological polar surface area (TPSA) is 105 Å². The zero-order chi connectivity index (χ0) is 24.7. The molecule has 8 heteroatoms. The largest absolute Gasteiger partial charge is 0.474 e. The molecule has 0 saturated heterocycles. The van der Waals surface area contributed by atoms with E-state index in [9.17, 15) is 14.7 Å². The Bertz CT molecular complexity index is 935. The van der Waals surface area contributed by atoms with Gasteiger partial charge < -0.3 is 20.5 Å². The molecule has 2 amide bonds. The number of amides is 2. The van der Waals surface area contributed by atoms with E-state index < -0.39 is 11.1 Å². The minimum absolute atomic E-state index is 0.00309. The summed E-state index contributed by atoms with van der Waals surface area (Å²) in [4.78, 5) is 25.4. The molecule has 0 radical (unpaired) electrons. The average Bonchev–Trinajstić information content (AvgIpc) is 3.09. The second-order valence-electron chi connectivity index (χ2n) is 11.5. The summed E-state index contributed by atoms with van der Waals surface area (Å²) in [5.41, 5.74) is -0.701. The first-order valence-electron chi connectivity index (χ1n) is 12.8. The third kappa shape index (κ3) is 5.32. The molecule has 3 N–H and O–H groups in total. The van der Waals surface area contributed by atoms with E-state index in [1.807, 2.05) is 40.7 Å². The molecule has 4 aliphatic rings. The highest BCUT2D eigenvalue weighted by Gasteiger charge is 2.55. The van der Waals surface area contributed by atoms with Crippen LogP contribution in [0.1, 0.15) is 89.9 Å². The van der Waals surface area contributed by atoms with Crippen molar-refractivity contribution in [3.8, 4) is 5.88 Å². The van der Waals surface area contributed by atoms with E-state index in [-0.39, 0.29) is 24.0 Å². The van der Waals surface area contributed by atoms with Crippen molar-refractivity contribution in [2.24, 2.45) is 17.8 Å². The first-order chi connectivity index (χ1) is 16.0. The molecule has 8 nitrogen and oxygen atoms in total. The van der Waals surface area contributed by atoms with E-state index in [4.69, 9.17) is 4.74 Å². The zero-order valence-electron chi connectivity index (χ0n) is 21.1. The van der Waals surface area contributed by atoms with Gasteiger partial charge in [-0.05, 0) is 90.0 Å².